The lowest BCUT2D eigenvalue weighted by Crippen LogP contribution is -2.35. The number of fused-ring (bicyclic) bond motifs is 2. The van der Waals surface area contributed by atoms with E-state index in [1.54, 1.807) is 17.2 Å². The van der Waals surface area contributed by atoms with Crippen molar-refractivity contribution in [2.45, 2.75) is 13.0 Å². The molecular formula is C24H23ClN2O4. The zero-order valence-electron chi connectivity index (χ0n) is 17.0. The van der Waals surface area contributed by atoms with Crippen LogP contribution in [0.2, 0.25) is 5.02 Å². The number of carbonyl (C=O) groups excluding carboxylic acids is 1. The molecule has 0 radical (unpaired) electrons. The minimum atomic E-state index is -0.0435. The smallest absolute Gasteiger partial charge is 0.227 e. The Morgan fingerprint density at radius 1 is 0.968 bits per heavy atom. The van der Waals surface area contributed by atoms with Gasteiger partial charge in [-0.3, -0.25) is 4.79 Å². The molecule has 0 unspecified atom stereocenters. The van der Waals surface area contributed by atoms with Crippen molar-refractivity contribution in [2.75, 3.05) is 26.4 Å². The van der Waals surface area contributed by atoms with Crippen molar-refractivity contribution < 1.29 is 19.0 Å². The van der Waals surface area contributed by atoms with Crippen LogP contribution in [0.5, 0.6) is 17.4 Å². The average molecular weight is 439 g/mol. The summed E-state index contributed by atoms with van der Waals surface area (Å²) in [5.74, 6) is 1.58. The Morgan fingerprint density at radius 2 is 1.77 bits per heavy atom. The van der Waals surface area contributed by atoms with Crippen LogP contribution in [0, 0.1) is 0 Å². The van der Waals surface area contributed by atoms with Crippen molar-refractivity contribution in [3.05, 3.63) is 83.0 Å². The van der Waals surface area contributed by atoms with E-state index in [-0.39, 0.29) is 12.3 Å². The number of rotatable bonds is 2. The zero-order chi connectivity index (χ0) is 21.5. The third-order valence-corrected chi connectivity index (χ3v) is 5.28. The summed E-state index contributed by atoms with van der Waals surface area (Å²) in [6.07, 6.45) is 1.88. The van der Waals surface area contributed by atoms with Crippen LogP contribution in [0.3, 0.4) is 0 Å². The molecule has 6 nitrogen and oxygen atoms in total. The van der Waals surface area contributed by atoms with Gasteiger partial charge in [-0.2, -0.15) is 0 Å². The zero-order valence-corrected chi connectivity index (χ0v) is 17.8. The summed E-state index contributed by atoms with van der Waals surface area (Å²) < 4.78 is 17.6. The summed E-state index contributed by atoms with van der Waals surface area (Å²) in [7, 11) is 0. The number of hydrogen-bond donors (Lipinski definition) is 0. The van der Waals surface area contributed by atoms with Crippen LogP contribution in [-0.4, -0.2) is 42.2 Å². The quantitative estimate of drug-likeness (QED) is 0.589. The Balaban J connectivity index is 1.60. The number of ether oxygens (including phenoxy) is 3. The molecule has 0 saturated heterocycles. The van der Waals surface area contributed by atoms with Gasteiger partial charge in [0, 0.05) is 23.3 Å². The maximum Gasteiger partial charge on any atom is 0.227 e. The largest absolute Gasteiger partial charge is 0.487 e. The first-order valence-electron chi connectivity index (χ1n) is 10.1. The van der Waals surface area contributed by atoms with E-state index in [0.29, 0.717) is 55.3 Å². The second-order valence-electron chi connectivity index (χ2n) is 7.06. The van der Waals surface area contributed by atoms with Gasteiger partial charge in [-0.1, -0.05) is 48.0 Å². The molecule has 0 N–H and O–H groups in total. The fourth-order valence-corrected chi connectivity index (χ4v) is 3.50. The van der Waals surface area contributed by atoms with Gasteiger partial charge in [0.25, 0.3) is 0 Å². The first-order chi connectivity index (χ1) is 15.2. The Hall–Kier alpha value is -3.09. The molecule has 0 bridgehead atoms. The van der Waals surface area contributed by atoms with Gasteiger partial charge in [0.05, 0.1) is 26.2 Å². The molecule has 0 aliphatic carbocycles. The molecule has 1 aliphatic heterocycles. The van der Waals surface area contributed by atoms with Gasteiger partial charge >= 0.3 is 0 Å². The molecule has 31 heavy (non-hydrogen) atoms. The lowest BCUT2D eigenvalue weighted by Gasteiger charge is -2.24. The first kappa shape index (κ1) is 21.2. The standard InChI is InChI=1S/C24H23ClN2O4/c25-20-8-2-1-6-18(20)16-23(28)27-12-13-29-14-15-30-21-9-3-4-10-22(21)31-24-19(17-27)7-5-11-26-24/h1-11H,12-17H2. The number of amides is 1. The average Bonchev–Trinajstić information content (AvgIpc) is 2.80. The molecule has 1 amide bonds. The highest BCUT2D eigenvalue weighted by Crippen LogP contribution is 2.32. The van der Waals surface area contributed by atoms with Crippen LogP contribution >= 0.6 is 11.6 Å². The number of pyridine rings is 1. The van der Waals surface area contributed by atoms with Crippen LogP contribution in [0.4, 0.5) is 0 Å². The van der Waals surface area contributed by atoms with Gasteiger partial charge in [0.1, 0.15) is 6.61 Å². The van der Waals surface area contributed by atoms with Crippen molar-refractivity contribution in [2.24, 2.45) is 0 Å². The highest BCUT2D eigenvalue weighted by molar-refractivity contribution is 6.31. The monoisotopic (exact) mass is 438 g/mol. The Morgan fingerprint density at radius 3 is 2.65 bits per heavy atom. The summed E-state index contributed by atoms with van der Waals surface area (Å²) in [5.41, 5.74) is 1.59. The molecule has 2 heterocycles. The van der Waals surface area contributed by atoms with E-state index in [2.05, 4.69) is 4.98 Å². The number of para-hydroxylation sites is 2. The molecule has 1 aromatic heterocycles. The highest BCUT2D eigenvalue weighted by Gasteiger charge is 2.19. The van der Waals surface area contributed by atoms with Crippen molar-refractivity contribution in [3.8, 4) is 17.4 Å². The van der Waals surface area contributed by atoms with E-state index in [0.717, 1.165) is 11.1 Å². The molecule has 2 aromatic carbocycles. The van der Waals surface area contributed by atoms with Gasteiger partial charge in [-0.25, -0.2) is 4.98 Å². The van der Waals surface area contributed by atoms with Gasteiger partial charge < -0.3 is 19.1 Å². The normalized spacial score (nSPS) is 14.5. The predicted molar refractivity (Wildman–Crippen MR) is 118 cm³/mol. The van der Waals surface area contributed by atoms with E-state index in [4.69, 9.17) is 25.8 Å². The Bertz CT molecular complexity index is 1040. The molecule has 0 spiro atoms. The second-order valence-corrected chi connectivity index (χ2v) is 7.47. The fourth-order valence-electron chi connectivity index (χ4n) is 3.30. The number of nitrogens with zero attached hydrogens (tertiary/aromatic N) is 2. The molecular weight excluding hydrogens is 416 g/mol. The molecule has 160 valence electrons. The van der Waals surface area contributed by atoms with Gasteiger partial charge in [0.15, 0.2) is 11.5 Å². The maximum atomic E-state index is 13.1. The molecule has 3 aromatic rings. The van der Waals surface area contributed by atoms with E-state index in [9.17, 15) is 4.79 Å². The van der Waals surface area contributed by atoms with Crippen LogP contribution < -0.4 is 9.47 Å². The SMILES string of the molecule is O=C(Cc1ccccc1Cl)N1CCOCCOc2ccccc2Oc2ncccc2C1. The fraction of sp³-hybridized carbons (Fsp3) is 0.250. The van der Waals surface area contributed by atoms with Crippen molar-refractivity contribution >= 4 is 17.5 Å². The van der Waals surface area contributed by atoms with Crippen LogP contribution in [0.15, 0.2) is 66.9 Å². The molecule has 0 fully saturated rings. The van der Waals surface area contributed by atoms with Gasteiger partial charge in [-0.15, -0.1) is 0 Å². The summed E-state index contributed by atoms with van der Waals surface area (Å²) in [5, 5.41) is 0.581. The van der Waals surface area contributed by atoms with Crippen molar-refractivity contribution in [3.63, 3.8) is 0 Å². The van der Waals surface area contributed by atoms with Crippen molar-refractivity contribution in [1.29, 1.82) is 0 Å². The van der Waals surface area contributed by atoms with E-state index in [1.165, 1.54) is 0 Å². The minimum Gasteiger partial charge on any atom is -0.487 e. The number of aromatic nitrogens is 1. The Labute approximate surface area is 186 Å². The van der Waals surface area contributed by atoms with Gasteiger partial charge in [-0.05, 0) is 29.8 Å². The number of carbonyl (C=O) groups is 1. The summed E-state index contributed by atoms with van der Waals surface area (Å²) in [4.78, 5) is 19.3. The van der Waals surface area contributed by atoms with E-state index >= 15 is 0 Å². The maximum absolute atomic E-state index is 13.1. The third kappa shape index (κ3) is 5.54. The number of halogens is 1. The molecule has 7 heteroatoms. The van der Waals surface area contributed by atoms with Crippen LogP contribution in [0.25, 0.3) is 0 Å². The third-order valence-electron chi connectivity index (χ3n) is 4.91. The summed E-state index contributed by atoms with van der Waals surface area (Å²) >= 11 is 6.26. The molecule has 1 aliphatic rings. The second kappa shape index (κ2) is 10.3. The minimum absolute atomic E-state index is 0.0435. The predicted octanol–water partition coefficient (Wildman–Crippen LogP) is 4.51. The number of hydrogen-bond acceptors (Lipinski definition) is 5. The lowest BCUT2D eigenvalue weighted by molar-refractivity contribution is -0.131. The van der Waals surface area contributed by atoms with Crippen molar-refractivity contribution in [1.82, 2.24) is 9.88 Å². The number of benzene rings is 2. The topological polar surface area (TPSA) is 60.9 Å². The van der Waals surface area contributed by atoms with Crippen LogP contribution in [0.1, 0.15) is 11.1 Å². The summed E-state index contributed by atoms with van der Waals surface area (Å²) in [6.45, 7) is 1.97. The highest BCUT2D eigenvalue weighted by atomic mass is 35.5. The molecule has 0 atom stereocenters. The molecule has 0 saturated carbocycles. The van der Waals surface area contributed by atoms with E-state index in [1.807, 2.05) is 54.6 Å². The summed E-state index contributed by atoms with van der Waals surface area (Å²) in [6, 6.07) is 18.5. The van der Waals surface area contributed by atoms with Gasteiger partial charge in [0.2, 0.25) is 11.8 Å². The first-order valence-corrected chi connectivity index (χ1v) is 10.5. The Kier molecular flexibility index (Phi) is 7.02. The van der Waals surface area contributed by atoms with E-state index < -0.39 is 0 Å². The lowest BCUT2D eigenvalue weighted by atomic mass is 10.1. The van der Waals surface area contributed by atoms with Crippen LogP contribution in [-0.2, 0) is 22.5 Å². The molecule has 4 rings (SSSR count).